The zero-order chi connectivity index (χ0) is 9.80. The number of aromatic nitrogens is 1. The third-order valence-electron chi connectivity index (χ3n) is 2.49. The van der Waals surface area contributed by atoms with Gasteiger partial charge >= 0.3 is 0 Å². The van der Waals surface area contributed by atoms with Crippen molar-refractivity contribution in [2.45, 2.75) is 6.54 Å². The van der Waals surface area contributed by atoms with Crippen LogP contribution in [0.15, 0.2) is 18.3 Å². The lowest BCUT2D eigenvalue weighted by Gasteiger charge is -2.28. The molecule has 0 saturated carbocycles. The molecule has 1 saturated heterocycles. The molecule has 1 aromatic heterocycles. The zero-order valence-electron chi connectivity index (χ0n) is 9.46. The third kappa shape index (κ3) is 5.27. The second kappa shape index (κ2) is 9.74. The van der Waals surface area contributed by atoms with Gasteiger partial charge in [0.05, 0.1) is 0 Å². The molecule has 7 heteroatoms. The van der Waals surface area contributed by atoms with Gasteiger partial charge in [0.2, 0.25) is 0 Å². The van der Waals surface area contributed by atoms with E-state index < -0.39 is 0 Å². The Hall–Kier alpha value is -0.260. The Kier molecular flexibility index (Phi) is 10.9. The summed E-state index contributed by atoms with van der Waals surface area (Å²) in [6, 6.07) is 4.04. The van der Waals surface area contributed by atoms with Crippen molar-refractivity contribution in [3.63, 3.8) is 0 Å². The molecule has 0 aromatic carbocycles. The number of piperazine rings is 1. The Balaban J connectivity index is 0. The van der Waals surface area contributed by atoms with Crippen LogP contribution < -0.4 is 16.0 Å². The van der Waals surface area contributed by atoms with Gasteiger partial charge in [-0.1, -0.05) is 0 Å². The minimum atomic E-state index is 0. The van der Waals surface area contributed by atoms with Crippen molar-refractivity contribution in [2.24, 2.45) is 5.73 Å². The molecule has 0 amide bonds. The van der Waals surface area contributed by atoms with Crippen molar-refractivity contribution in [2.75, 3.05) is 31.1 Å². The van der Waals surface area contributed by atoms with Crippen LogP contribution in [0.2, 0.25) is 0 Å². The summed E-state index contributed by atoms with van der Waals surface area (Å²) in [5.74, 6) is 1.05. The van der Waals surface area contributed by atoms with E-state index in [9.17, 15) is 0 Å². The Morgan fingerprint density at radius 3 is 2.47 bits per heavy atom. The predicted octanol–water partition coefficient (Wildman–Crippen LogP) is 1.22. The van der Waals surface area contributed by atoms with Gasteiger partial charge in [-0.25, -0.2) is 4.98 Å². The van der Waals surface area contributed by atoms with E-state index in [1.165, 1.54) is 0 Å². The van der Waals surface area contributed by atoms with Crippen LogP contribution in [0, 0.1) is 0 Å². The van der Waals surface area contributed by atoms with E-state index in [-0.39, 0.29) is 37.2 Å². The van der Waals surface area contributed by atoms with Gasteiger partial charge in [-0.2, -0.15) is 0 Å². The first kappa shape index (κ1) is 19.1. The van der Waals surface area contributed by atoms with E-state index in [0.717, 1.165) is 37.6 Å². The minimum Gasteiger partial charge on any atom is -0.354 e. The molecule has 2 rings (SSSR count). The minimum absolute atomic E-state index is 0. The van der Waals surface area contributed by atoms with Gasteiger partial charge in [-0.15, -0.1) is 37.2 Å². The van der Waals surface area contributed by atoms with E-state index >= 15 is 0 Å². The fraction of sp³-hybridized carbons (Fsp3) is 0.500. The molecular formula is C10H19Cl3N4. The molecular weight excluding hydrogens is 282 g/mol. The maximum Gasteiger partial charge on any atom is 0.128 e. The molecule has 0 spiro atoms. The summed E-state index contributed by atoms with van der Waals surface area (Å²) in [6.45, 7) is 4.72. The average Bonchev–Trinajstić information content (AvgIpc) is 2.30. The molecule has 0 radical (unpaired) electrons. The summed E-state index contributed by atoms with van der Waals surface area (Å²) >= 11 is 0. The number of anilines is 1. The maximum atomic E-state index is 5.59. The van der Waals surface area contributed by atoms with E-state index in [2.05, 4.69) is 21.3 Å². The topological polar surface area (TPSA) is 54.2 Å². The number of nitrogens with two attached hydrogens (primary N) is 1. The molecule has 0 aliphatic carbocycles. The van der Waals surface area contributed by atoms with Crippen molar-refractivity contribution in [1.29, 1.82) is 0 Å². The highest BCUT2D eigenvalue weighted by Gasteiger charge is 2.11. The molecule has 0 bridgehead atoms. The zero-order valence-corrected chi connectivity index (χ0v) is 11.9. The van der Waals surface area contributed by atoms with Crippen LogP contribution in [0.1, 0.15) is 5.56 Å². The van der Waals surface area contributed by atoms with Crippen LogP contribution in [-0.2, 0) is 6.54 Å². The smallest absolute Gasteiger partial charge is 0.128 e. The lowest BCUT2D eigenvalue weighted by atomic mass is 10.2. The SMILES string of the molecule is Cl.Cl.Cl.NCc1ccnc(N2CCNCC2)c1. The third-order valence-corrected chi connectivity index (χ3v) is 2.49. The van der Waals surface area contributed by atoms with Crippen molar-refractivity contribution >= 4 is 43.0 Å². The maximum absolute atomic E-state index is 5.59. The van der Waals surface area contributed by atoms with Crippen LogP contribution >= 0.6 is 37.2 Å². The molecule has 4 nitrogen and oxygen atoms in total. The Labute approximate surface area is 121 Å². The van der Waals surface area contributed by atoms with Crippen molar-refractivity contribution in [1.82, 2.24) is 10.3 Å². The van der Waals surface area contributed by atoms with Crippen LogP contribution in [-0.4, -0.2) is 31.2 Å². The first-order valence-electron chi connectivity index (χ1n) is 5.01. The highest BCUT2D eigenvalue weighted by Crippen LogP contribution is 2.12. The molecule has 0 unspecified atom stereocenters. The van der Waals surface area contributed by atoms with Gasteiger partial charge in [-0.3, -0.25) is 0 Å². The Bertz CT molecular complexity index is 305. The lowest BCUT2D eigenvalue weighted by Crippen LogP contribution is -2.43. The molecule has 1 aliphatic rings. The van der Waals surface area contributed by atoms with Crippen LogP contribution in [0.4, 0.5) is 5.82 Å². The van der Waals surface area contributed by atoms with Crippen LogP contribution in [0.3, 0.4) is 0 Å². The molecule has 1 aromatic rings. The molecule has 2 heterocycles. The summed E-state index contributed by atoms with van der Waals surface area (Å²) in [6.07, 6.45) is 1.83. The highest BCUT2D eigenvalue weighted by atomic mass is 35.5. The summed E-state index contributed by atoms with van der Waals surface area (Å²) in [7, 11) is 0. The molecule has 1 aliphatic heterocycles. The number of rotatable bonds is 2. The van der Waals surface area contributed by atoms with E-state index in [1.54, 1.807) is 0 Å². The summed E-state index contributed by atoms with van der Waals surface area (Å²) in [5.41, 5.74) is 6.74. The normalized spacial score (nSPS) is 14.1. The van der Waals surface area contributed by atoms with Crippen LogP contribution in [0.5, 0.6) is 0 Å². The average molecular weight is 302 g/mol. The monoisotopic (exact) mass is 300 g/mol. The van der Waals surface area contributed by atoms with Gasteiger partial charge < -0.3 is 16.0 Å². The number of nitrogens with zero attached hydrogens (tertiary/aromatic N) is 2. The lowest BCUT2D eigenvalue weighted by molar-refractivity contribution is 0.585. The fourth-order valence-electron chi connectivity index (χ4n) is 1.65. The fourth-order valence-corrected chi connectivity index (χ4v) is 1.65. The van der Waals surface area contributed by atoms with Gasteiger partial charge in [0, 0.05) is 38.9 Å². The number of hydrogen-bond donors (Lipinski definition) is 2. The summed E-state index contributed by atoms with van der Waals surface area (Å²) in [5, 5.41) is 3.32. The summed E-state index contributed by atoms with van der Waals surface area (Å²) in [4.78, 5) is 6.64. The first-order chi connectivity index (χ1) is 6.90. The molecule has 0 atom stereocenters. The van der Waals surface area contributed by atoms with Gasteiger partial charge in [0.1, 0.15) is 5.82 Å². The van der Waals surface area contributed by atoms with Crippen LogP contribution in [0.25, 0.3) is 0 Å². The highest BCUT2D eigenvalue weighted by molar-refractivity contribution is 5.86. The molecule has 3 N–H and O–H groups in total. The van der Waals surface area contributed by atoms with Gasteiger partial charge in [0.15, 0.2) is 0 Å². The Morgan fingerprint density at radius 1 is 1.24 bits per heavy atom. The summed E-state index contributed by atoms with van der Waals surface area (Å²) < 4.78 is 0. The molecule has 100 valence electrons. The molecule has 1 fully saturated rings. The standard InChI is InChI=1S/C10H16N4.3ClH/c11-8-9-1-2-13-10(7-9)14-5-3-12-4-6-14;;;/h1-2,7,12H,3-6,8,11H2;3*1H. The number of pyridine rings is 1. The van der Waals surface area contributed by atoms with Gasteiger partial charge in [-0.05, 0) is 17.7 Å². The van der Waals surface area contributed by atoms with Crippen molar-refractivity contribution in [3.8, 4) is 0 Å². The van der Waals surface area contributed by atoms with E-state index in [0.29, 0.717) is 6.54 Å². The number of hydrogen-bond acceptors (Lipinski definition) is 4. The van der Waals surface area contributed by atoms with E-state index in [1.807, 2.05) is 12.3 Å². The number of nitrogens with one attached hydrogen (secondary N) is 1. The number of halogens is 3. The second-order valence-electron chi connectivity index (χ2n) is 3.46. The predicted molar refractivity (Wildman–Crippen MR) is 79.0 cm³/mol. The van der Waals surface area contributed by atoms with Crippen molar-refractivity contribution in [3.05, 3.63) is 23.9 Å². The Morgan fingerprint density at radius 2 is 1.88 bits per heavy atom. The van der Waals surface area contributed by atoms with Crippen molar-refractivity contribution < 1.29 is 0 Å². The largest absolute Gasteiger partial charge is 0.354 e. The quantitative estimate of drug-likeness (QED) is 0.862. The van der Waals surface area contributed by atoms with E-state index in [4.69, 9.17) is 5.73 Å². The molecule has 17 heavy (non-hydrogen) atoms. The van der Waals surface area contributed by atoms with Gasteiger partial charge in [0.25, 0.3) is 0 Å². The second-order valence-corrected chi connectivity index (χ2v) is 3.46. The first-order valence-corrected chi connectivity index (χ1v) is 5.01.